The van der Waals surface area contributed by atoms with Crippen LogP contribution in [-0.4, -0.2) is 68.8 Å². The molecule has 8 rings (SSSR count). The van der Waals surface area contributed by atoms with Gasteiger partial charge in [-0.1, -0.05) is 26.7 Å². The Hall–Kier alpha value is -3.58. The second-order valence-corrected chi connectivity index (χ2v) is 19.8. The van der Waals surface area contributed by atoms with Crippen LogP contribution in [0.1, 0.15) is 50.7 Å². The summed E-state index contributed by atoms with van der Waals surface area (Å²) in [6.45, 7) is 3.41. The fourth-order valence-corrected chi connectivity index (χ4v) is 11.9. The summed E-state index contributed by atoms with van der Waals surface area (Å²) in [5.41, 5.74) is -1.94. The first kappa shape index (κ1) is 43.1. The Labute approximate surface area is 370 Å². The van der Waals surface area contributed by atoms with E-state index in [1.54, 1.807) is 13.8 Å². The van der Waals surface area contributed by atoms with Crippen LogP contribution in [0.15, 0.2) is 27.5 Å². The van der Waals surface area contributed by atoms with Crippen LogP contribution in [0.25, 0.3) is 75.4 Å². The van der Waals surface area contributed by atoms with E-state index in [9.17, 15) is 66.2 Å². The molecule has 60 heavy (non-hydrogen) atoms. The molecule has 316 valence electrons. The zero-order valence-electron chi connectivity index (χ0n) is 30.6. The van der Waals surface area contributed by atoms with Crippen LogP contribution >= 0.6 is 63.7 Å². The van der Waals surface area contributed by atoms with Crippen molar-refractivity contribution in [3.05, 3.63) is 49.5 Å². The number of fused-ring (bicyclic) bond motifs is 2. The minimum Gasteiger partial charge on any atom is -0.506 e. The molecule has 0 aliphatic carbocycles. The van der Waals surface area contributed by atoms with E-state index in [1.807, 2.05) is 0 Å². The lowest BCUT2D eigenvalue weighted by Crippen LogP contribution is -2.22. The molecule has 0 saturated carbocycles. The molecule has 0 amide bonds. The molecule has 2 unspecified atom stereocenters. The first-order valence-electron chi connectivity index (χ1n) is 17.8. The number of hydrogen-bond acceptors (Lipinski definition) is 14. The van der Waals surface area contributed by atoms with E-state index < -0.39 is 122 Å². The van der Waals surface area contributed by atoms with Crippen molar-refractivity contribution in [3.8, 4) is 34.5 Å². The van der Waals surface area contributed by atoms with Gasteiger partial charge in [0.05, 0.1) is 42.7 Å². The highest BCUT2D eigenvalue weighted by Crippen LogP contribution is 2.61. The van der Waals surface area contributed by atoms with Crippen LogP contribution in [0.3, 0.4) is 0 Å². The number of phenolic OH excluding ortho intramolecular Hbond substituents is 6. The van der Waals surface area contributed by atoms with Crippen LogP contribution in [0, 0.1) is 0 Å². The van der Waals surface area contributed by atoms with Gasteiger partial charge in [0.15, 0.2) is 0 Å². The van der Waals surface area contributed by atoms with E-state index in [0.29, 0.717) is 12.8 Å². The van der Waals surface area contributed by atoms with Gasteiger partial charge in [-0.2, -0.15) is 16.8 Å². The summed E-state index contributed by atoms with van der Waals surface area (Å²) < 4.78 is 77.2. The van der Waals surface area contributed by atoms with Gasteiger partial charge in [-0.15, -0.1) is 0 Å². The average molecular weight is 1120 g/mol. The zero-order chi connectivity index (χ0) is 44.0. The van der Waals surface area contributed by atoms with Gasteiger partial charge in [-0.3, -0.25) is 18.7 Å². The Morgan fingerprint density at radius 1 is 0.433 bits per heavy atom. The molecule has 0 bridgehead atoms. The van der Waals surface area contributed by atoms with Gasteiger partial charge in [0.2, 0.25) is 10.9 Å². The molecule has 2 atom stereocenters. The summed E-state index contributed by atoms with van der Waals surface area (Å²) in [5, 5.41) is 68.0. The number of rotatable bonds is 12. The fourth-order valence-electron chi connectivity index (χ4n) is 9.02. The van der Waals surface area contributed by atoms with Crippen molar-refractivity contribution in [2.24, 2.45) is 0 Å². The monoisotopic (exact) mass is 1120 g/mol. The van der Waals surface area contributed by atoms with Crippen LogP contribution in [0.2, 0.25) is 0 Å². The van der Waals surface area contributed by atoms with Crippen molar-refractivity contribution >= 4 is 160 Å². The Balaban J connectivity index is 1.81. The van der Waals surface area contributed by atoms with Crippen LogP contribution in [0.4, 0.5) is 0 Å². The number of benzene rings is 8. The summed E-state index contributed by atoms with van der Waals surface area (Å²) in [7, 11) is -10.2. The summed E-state index contributed by atoms with van der Waals surface area (Å²) >= 11 is 13.1. The lowest BCUT2D eigenvalue weighted by molar-refractivity contribution is 0.170. The van der Waals surface area contributed by atoms with E-state index in [2.05, 4.69) is 63.7 Å². The molecule has 0 saturated heterocycles. The Morgan fingerprint density at radius 2 is 0.683 bits per heavy atom. The molecule has 0 fully saturated rings. The maximum atomic E-state index is 15.0. The fraction of sp³-hybridized carbons (Fsp3) is 0.263. The lowest BCUT2D eigenvalue weighted by atomic mass is 9.76. The molecule has 0 spiro atoms. The SMILES string of the molecule is CCCC(Cc1c(Br)c(O)c2c(=O)c3c(O)c(Br)c(O)c4c5c(O)c(Br)c(O)c6c(=O)c7c(O)c(Br)c(CC(CCC)OS(=O)(=O)O)c8c1c2c(c34)c(c65)c78)OS(=O)(=O)O. The van der Waals surface area contributed by atoms with Gasteiger partial charge in [-0.25, -0.2) is 8.37 Å². The topological polar surface area (TPSA) is 283 Å². The van der Waals surface area contributed by atoms with Crippen molar-refractivity contribution < 1.29 is 64.9 Å². The normalized spacial score (nSPS) is 14.2. The number of phenols is 6. The molecule has 8 N–H and O–H groups in total. The van der Waals surface area contributed by atoms with Crippen molar-refractivity contribution in [2.75, 3.05) is 0 Å². The molecular formula is C38H28Br4O16S2. The third-order valence-corrected chi connectivity index (χ3v) is 15.3. The predicted octanol–water partition coefficient (Wildman–Crippen LogP) is 8.58. The maximum absolute atomic E-state index is 15.0. The second kappa shape index (κ2) is 14.5. The summed E-state index contributed by atoms with van der Waals surface area (Å²) in [5.74, 6) is -4.37. The van der Waals surface area contributed by atoms with E-state index in [0.717, 1.165) is 0 Å². The van der Waals surface area contributed by atoms with Gasteiger partial charge in [0.1, 0.15) is 43.4 Å². The third-order valence-electron chi connectivity index (χ3n) is 11.1. The van der Waals surface area contributed by atoms with Crippen molar-refractivity contribution in [3.63, 3.8) is 0 Å². The van der Waals surface area contributed by atoms with Crippen molar-refractivity contribution in [1.82, 2.24) is 0 Å². The Morgan fingerprint density at radius 3 is 0.967 bits per heavy atom. The number of halogens is 4. The molecule has 0 radical (unpaired) electrons. The highest BCUT2D eigenvalue weighted by Gasteiger charge is 2.38. The zero-order valence-corrected chi connectivity index (χ0v) is 38.5. The number of hydrogen-bond donors (Lipinski definition) is 8. The molecule has 8 aromatic carbocycles. The summed E-state index contributed by atoms with van der Waals surface area (Å²) in [6.07, 6.45) is -2.90. The standard InChI is InChI=1S/C38H28Br4O16S2/c1-3-5-9(57-59(51,52)53)7-11-13-14-12(8-10(6-4-2)58-60(54,55)56)28(40)36(48)24-16(14)18-17-15(13)23(35(47)27(11)39)31(43)25-19(17)21(33(45)29(41)37(25)49)22-20(18)26(32(24)44)38(50)30(42)34(22)46/h9-10,45-50H,3-8H2,1-2H3,(H,51,52,53)(H,54,55,56). The van der Waals surface area contributed by atoms with Crippen LogP contribution < -0.4 is 10.9 Å². The largest absolute Gasteiger partial charge is 0.506 e. The minimum atomic E-state index is -5.10. The lowest BCUT2D eigenvalue weighted by Gasteiger charge is -2.28. The third kappa shape index (κ3) is 6.03. The van der Waals surface area contributed by atoms with E-state index in [1.165, 1.54) is 0 Å². The van der Waals surface area contributed by atoms with Crippen LogP contribution in [0.5, 0.6) is 34.5 Å². The second-order valence-electron chi connectivity index (χ2n) is 14.5. The molecule has 16 nitrogen and oxygen atoms in total. The Bertz CT molecular complexity index is 3300. The van der Waals surface area contributed by atoms with Crippen molar-refractivity contribution in [2.45, 2.75) is 64.6 Å². The molecular weight excluding hydrogens is 1100 g/mol. The molecule has 22 heteroatoms. The predicted molar refractivity (Wildman–Crippen MR) is 237 cm³/mol. The molecule has 0 aliphatic heterocycles. The quantitative estimate of drug-likeness (QED) is 0.0323. The van der Waals surface area contributed by atoms with Crippen molar-refractivity contribution in [1.29, 1.82) is 0 Å². The summed E-state index contributed by atoms with van der Waals surface area (Å²) in [4.78, 5) is 29.9. The maximum Gasteiger partial charge on any atom is 0.397 e. The van der Waals surface area contributed by atoms with E-state index in [-0.39, 0.29) is 86.8 Å². The van der Waals surface area contributed by atoms with Crippen LogP contribution in [-0.2, 0) is 42.0 Å². The van der Waals surface area contributed by atoms with Gasteiger partial charge < -0.3 is 30.6 Å². The molecule has 8 aromatic rings. The minimum absolute atomic E-state index is 0.000348. The average Bonchev–Trinajstić information content (AvgIpc) is 3.14. The van der Waals surface area contributed by atoms with E-state index in [4.69, 9.17) is 8.37 Å². The molecule has 0 aromatic heterocycles. The smallest absolute Gasteiger partial charge is 0.397 e. The molecule has 0 aliphatic rings. The number of aromatic hydroxyl groups is 6. The highest BCUT2D eigenvalue weighted by atomic mass is 79.9. The Kier molecular flexibility index (Phi) is 10.4. The van der Waals surface area contributed by atoms with Gasteiger partial charge >= 0.3 is 20.8 Å². The van der Waals surface area contributed by atoms with E-state index >= 15 is 0 Å². The van der Waals surface area contributed by atoms with Gasteiger partial charge in [0.25, 0.3) is 0 Å². The first-order valence-corrected chi connectivity index (χ1v) is 23.7. The highest BCUT2D eigenvalue weighted by molar-refractivity contribution is 9.11. The van der Waals surface area contributed by atoms with Gasteiger partial charge in [0, 0.05) is 55.9 Å². The molecule has 0 heterocycles. The van der Waals surface area contributed by atoms with Gasteiger partial charge in [-0.05, 0) is 98.5 Å². The summed E-state index contributed by atoms with van der Waals surface area (Å²) in [6, 6.07) is 0. The first-order chi connectivity index (χ1) is 28.0.